The fourth-order valence-electron chi connectivity index (χ4n) is 4.28. The molecular weight excluding hydrogens is 466 g/mol. The number of hydrogen-bond acceptors (Lipinski definition) is 6. The molecule has 3 amide bonds. The van der Waals surface area contributed by atoms with E-state index in [1.54, 1.807) is 25.3 Å². The average Bonchev–Trinajstić information content (AvgIpc) is 3.47. The van der Waals surface area contributed by atoms with Gasteiger partial charge in [-0.25, -0.2) is 0 Å². The van der Waals surface area contributed by atoms with Crippen LogP contribution >= 0.6 is 0 Å². The van der Waals surface area contributed by atoms with Crippen molar-refractivity contribution in [1.82, 2.24) is 20.9 Å². The van der Waals surface area contributed by atoms with Crippen LogP contribution in [0.4, 0.5) is 0 Å². The van der Waals surface area contributed by atoms with Gasteiger partial charge in [-0.2, -0.15) is 0 Å². The molecule has 0 bridgehead atoms. The van der Waals surface area contributed by atoms with Crippen LogP contribution < -0.4 is 20.7 Å². The number of benzene rings is 1. The number of amides is 3. The Labute approximate surface area is 208 Å². The van der Waals surface area contributed by atoms with Gasteiger partial charge >= 0.3 is 0 Å². The average molecular weight is 498 g/mol. The number of fused-ring (bicyclic) bond motifs is 1. The second-order valence-electron chi connectivity index (χ2n) is 9.19. The molecule has 36 heavy (non-hydrogen) atoms. The normalized spacial score (nSPS) is 16.7. The molecule has 0 spiro atoms. The summed E-state index contributed by atoms with van der Waals surface area (Å²) in [6, 6.07) is 5.08. The number of aromatic nitrogens is 1. The molecule has 1 aliphatic rings. The predicted octanol–water partition coefficient (Wildman–Crippen LogP) is 2.21. The van der Waals surface area contributed by atoms with Crippen molar-refractivity contribution in [3.05, 3.63) is 40.4 Å². The van der Waals surface area contributed by atoms with Crippen LogP contribution in [0.2, 0.25) is 0 Å². The Bertz CT molecular complexity index is 1180. The quantitative estimate of drug-likeness (QED) is 0.199. The Morgan fingerprint density at radius 3 is 2.67 bits per heavy atom. The number of aromatic amines is 1. The molecule has 1 saturated heterocycles. The van der Waals surface area contributed by atoms with Crippen LogP contribution in [0.5, 0.6) is 5.75 Å². The van der Waals surface area contributed by atoms with Crippen LogP contribution in [0, 0.1) is 11.8 Å². The number of carbonyl (C=O) groups excluding carboxylic acids is 4. The van der Waals surface area contributed by atoms with Gasteiger partial charge in [-0.1, -0.05) is 25.0 Å². The monoisotopic (exact) mass is 497 g/mol. The van der Waals surface area contributed by atoms with Crippen LogP contribution in [0.3, 0.4) is 0 Å². The van der Waals surface area contributed by atoms with Gasteiger partial charge in [0.15, 0.2) is 5.78 Å². The van der Waals surface area contributed by atoms with Crippen molar-refractivity contribution in [3.8, 4) is 5.75 Å². The van der Waals surface area contributed by atoms with Crippen LogP contribution in [-0.2, 0) is 14.4 Å². The van der Waals surface area contributed by atoms with Gasteiger partial charge in [0.2, 0.25) is 11.8 Å². The molecule has 0 radical (unpaired) electrons. The Morgan fingerprint density at radius 1 is 1.25 bits per heavy atom. The number of ether oxygens (including phenoxy) is 1. The highest BCUT2D eigenvalue weighted by atomic mass is 16.5. The number of azide groups is 1. The first-order chi connectivity index (χ1) is 17.2. The van der Waals surface area contributed by atoms with E-state index in [0.717, 1.165) is 5.39 Å². The first kappa shape index (κ1) is 26.6. The molecule has 12 heteroatoms. The minimum absolute atomic E-state index is 0.0572. The van der Waals surface area contributed by atoms with Gasteiger partial charge in [0.1, 0.15) is 17.5 Å². The Hall–Kier alpha value is -4.05. The van der Waals surface area contributed by atoms with E-state index in [4.69, 9.17) is 10.3 Å². The second kappa shape index (κ2) is 12.1. The molecule has 12 nitrogen and oxygen atoms in total. The summed E-state index contributed by atoms with van der Waals surface area (Å²) in [6.07, 6.45) is 0.944. The maximum atomic E-state index is 13.2. The van der Waals surface area contributed by atoms with Gasteiger partial charge in [-0.05, 0) is 48.9 Å². The summed E-state index contributed by atoms with van der Waals surface area (Å²) in [6.45, 7) is 3.87. The molecule has 0 saturated carbocycles. The molecule has 2 aromatic rings. The summed E-state index contributed by atoms with van der Waals surface area (Å²) in [5.74, 6) is -1.50. The molecule has 1 aromatic heterocycles. The molecule has 3 rings (SSSR count). The molecular formula is C24H31N7O5. The van der Waals surface area contributed by atoms with Gasteiger partial charge in [0.25, 0.3) is 5.91 Å². The highest BCUT2D eigenvalue weighted by Crippen LogP contribution is 2.26. The standard InChI is InChI=1S/C24H31N7O5/c1-13(2)9-18(30-24(35)19-11-15-16(28-19)5-4-6-21(15)36-3)23(34)29-17(20(32)12-27-31-25)10-14-7-8-26-22(14)33/h4-6,11,13-14,17-18,28H,7-10,12H2,1-3H3,(H,26,33)(H,29,34)(H,30,35)/t14-,17-,18-/m0/s1. The zero-order valence-electron chi connectivity index (χ0n) is 20.5. The van der Waals surface area contributed by atoms with Crippen molar-refractivity contribution in [2.75, 3.05) is 20.2 Å². The van der Waals surface area contributed by atoms with Gasteiger partial charge in [0, 0.05) is 28.3 Å². The molecule has 1 aliphatic heterocycles. The molecule has 2 heterocycles. The van der Waals surface area contributed by atoms with Gasteiger partial charge in [-0.15, -0.1) is 0 Å². The number of methoxy groups -OCH3 is 1. The SMILES string of the molecule is COc1cccc2[nH]c(C(=O)N[C@@H](CC(C)C)C(=O)N[C@@H](C[C@@H]3CCNC3=O)C(=O)CN=[N+]=[N-])cc12. The Morgan fingerprint density at radius 2 is 2.03 bits per heavy atom. The summed E-state index contributed by atoms with van der Waals surface area (Å²) in [7, 11) is 1.54. The third kappa shape index (κ3) is 6.54. The van der Waals surface area contributed by atoms with E-state index in [1.165, 1.54) is 0 Å². The molecule has 4 N–H and O–H groups in total. The third-order valence-electron chi connectivity index (χ3n) is 6.10. The third-order valence-corrected chi connectivity index (χ3v) is 6.10. The lowest BCUT2D eigenvalue weighted by molar-refractivity contribution is -0.130. The highest BCUT2D eigenvalue weighted by Gasteiger charge is 2.33. The van der Waals surface area contributed by atoms with Crippen LogP contribution in [-0.4, -0.2) is 60.8 Å². The minimum Gasteiger partial charge on any atom is -0.496 e. The predicted molar refractivity (Wildman–Crippen MR) is 132 cm³/mol. The van der Waals surface area contributed by atoms with E-state index in [-0.39, 0.29) is 23.9 Å². The molecule has 0 unspecified atom stereocenters. The number of ketones is 1. The summed E-state index contributed by atoms with van der Waals surface area (Å²) >= 11 is 0. The summed E-state index contributed by atoms with van der Waals surface area (Å²) in [4.78, 5) is 56.7. The topological polar surface area (TPSA) is 178 Å². The van der Waals surface area contributed by atoms with Crippen molar-refractivity contribution < 1.29 is 23.9 Å². The van der Waals surface area contributed by atoms with Gasteiger partial charge in [-0.3, -0.25) is 19.2 Å². The maximum Gasteiger partial charge on any atom is 0.268 e. The van der Waals surface area contributed by atoms with Crippen molar-refractivity contribution in [2.45, 2.75) is 45.2 Å². The van der Waals surface area contributed by atoms with E-state index < -0.39 is 42.1 Å². The zero-order chi connectivity index (χ0) is 26.2. The molecule has 1 aromatic carbocycles. The molecule has 3 atom stereocenters. The lowest BCUT2D eigenvalue weighted by atomic mass is 9.95. The lowest BCUT2D eigenvalue weighted by Crippen LogP contribution is -2.53. The molecule has 192 valence electrons. The highest BCUT2D eigenvalue weighted by molar-refractivity contribution is 6.02. The van der Waals surface area contributed by atoms with E-state index in [1.807, 2.05) is 19.9 Å². The first-order valence-electron chi connectivity index (χ1n) is 11.8. The summed E-state index contributed by atoms with van der Waals surface area (Å²) in [5.41, 5.74) is 9.55. The second-order valence-corrected chi connectivity index (χ2v) is 9.19. The Kier molecular flexibility index (Phi) is 8.91. The van der Waals surface area contributed by atoms with Gasteiger partial charge in [0.05, 0.1) is 19.7 Å². The summed E-state index contributed by atoms with van der Waals surface area (Å²) in [5, 5.41) is 12.2. The molecule has 0 aliphatic carbocycles. The van der Waals surface area contributed by atoms with Crippen LogP contribution in [0.25, 0.3) is 21.3 Å². The lowest BCUT2D eigenvalue weighted by Gasteiger charge is -2.24. The maximum absolute atomic E-state index is 13.2. The molecule has 1 fully saturated rings. The van der Waals surface area contributed by atoms with Crippen molar-refractivity contribution >= 4 is 34.4 Å². The first-order valence-corrected chi connectivity index (χ1v) is 11.8. The van der Waals surface area contributed by atoms with E-state index in [9.17, 15) is 19.2 Å². The number of hydrogen-bond donors (Lipinski definition) is 4. The fourth-order valence-corrected chi connectivity index (χ4v) is 4.28. The Balaban J connectivity index is 1.78. The number of nitrogens with zero attached hydrogens (tertiary/aromatic N) is 3. The van der Waals surface area contributed by atoms with Crippen molar-refractivity contribution in [1.29, 1.82) is 0 Å². The van der Waals surface area contributed by atoms with Crippen LogP contribution in [0.15, 0.2) is 29.4 Å². The van der Waals surface area contributed by atoms with Crippen molar-refractivity contribution in [2.24, 2.45) is 17.0 Å². The van der Waals surface area contributed by atoms with E-state index in [0.29, 0.717) is 30.7 Å². The van der Waals surface area contributed by atoms with Crippen molar-refractivity contribution in [3.63, 3.8) is 0 Å². The largest absolute Gasteiger partial charge is 0.496 e. The number of carbonyl (C=O) groups is 4. The van der Waals surface area contributed by atoms with Crippen LogP contribution in [0.1, 0.15) is 43.6 Å². The van der Waals surface area contributed by atoms with Gasteiger partial charge < -0.3 is 25.7 Å². The van der Waals surface area contributed by atoms with E-state index in [2.05, 4.69) is 31.0 Å². The van der Waals surface area contributed by atoms with E-state index >= 15 is 0 Å². The fraction of sp³-hybridized carbons (Fsp3) is 0.500. The number of rotatable bonds is 12. The minimum atomic E-state index is -1.03. The number of H-pyrrole nitrogens is 1. The number of Topliss-reactive ketones (excluding diaryl/α,β-unsaturated/α-hetero) is 1. The smallest absolute Gasteiger partial charge is 0.268 e. The zero-order valence-corrected chi connectivity index (χ0v) is 20.5. The summed E-state index contributed by atoms with van der Waals surface area (Å²) < 4.78 is 5.34. The number of nitrogens with one attached hydrogen (secondary N) is 4.